The van der Waals surface area contributed by atoms with E-state index in [1.165, 1.54) is 24.3 Å². The van der Waals surface area contributed by atoms with Gasteiger partial charge in [-0.2, -0.15) is 0 Å². The van der Waals surface area contributed by atoms with Gasteiger partial charge in [0.2, 0.25) is 5.91 Å². The number of hydrogen-bond acceptors (Lipinski definition) is 3. The summed E-state index contributed by atoms with van der Waals surface area (Å²) >= 11 is 0. The molecule has 0 saturated carbocycles. The monoisotopic (exact) mass is 292 g/mol. The summed E-state index contributed by atoms with van der Waals surface area (Å²) in [5.74, 6) is -0.943. The molecule has 1 unspecified atom stereocenters. The van der Waals surface area contributed by atoms with Gasteiger partial charge in [0.05, 0.1) is 10.8 Å². The van der Waals surface area contributed by atoms with Crippen molar-refractivity contribution in [1.82, 2.24) is 0 Å². The van der Waals surface area contributed by atoms with Gasteiger partial charge in [0.1, 0.15) is 11.6 Å². The van der Waals surface area contributed by atoms with Gasteiger partial charge < -0.3 is 11.1 Å². The van der Waals surface area contributed by atoms with Crippen LogP contribution in [0.3, 0.4) is 0 Å². The van der Waals surface area contributed by atoms with Crippen LogP contribution in [0.25, 0.3) is 0 Å². The third-order valence-electron chi connectivity index (χ3n) is 2.53. The molecule has 0 radical (unpaired) electrons. The second kappa shape index (κ2) is 6.29. The number of nitrogens with two attached hydrogens (primary N) is 1. The van der Waals surface area contributed by atoms with Crippen LogP contribution in [0.1, 0.15) is 0 Å². The molecule has 0 aliphatic carbocycles. The van der Waals surface area contributed by atoms with Crippen molar-refractivity contribution in [1.29, 1.82) is 0 Å². The molecule has 1 amide bonds. The Morgan fingerprint density at radius 1 is 1.10 bits per heavy atom. The summed E-state index contributed by atoms with van der Waals surface area (Å²) in [6.45, 7) is 0. The minimum Gasteiger partial charge on any atom is -0.399 e. The van der Waals surface area contributed by atoms with E-state index in [4.69, 9.17) is 5.73 Å². The van der Waals surface area contributed by atoms with Crippen molar-refractivity contribution < 1.29 is 13.4 Å². The third kappa shape index (κ3) is 3.89. The highest BCUT2D eigenvalue weighted by Crippen LogP contribution is 2.12. The molecule has 0 fully saturated rings. The molecule has 6 heteroatoms. The van der Waals surface area contributed by atoms with E-state index >= 15 is 0 Å². The van der Waals surface area contributed by atoms with E-state index < -0.39 is 16.7 Å². The van der Waals surface area contributed by atoms with E-state index in [1.54, 1.807) is 24.3 Å². The lowest BCUT2D eigenvalue weighted by atomic mass is 10.3. The normalized spacial score (nSPS) is 11.8. The van der Waals surface area contributed by atoms with Crippen molar-refractivity contribution in [3.05, 3.63) is 54.3 Å². The molecule has 2 aromatic rings. The third-order valence-corrected chi connectivity index (χ3v) is 3.86. The van der Waals surface area contributed by atoms with Crippen LogP contribution in [0.15, 0.2) is 53.4 Å². The zero-order valence-electron chi connectivity index (χ0n) is 10.5. The number of amides is 1. The molecule has 0 aliphatic heterocycles. The Morgan fingerprint density at radius 3 is 2.30 bits per heavy atom. The average Bonchev–Trinajstić information content (AvgIpc) is 2.42. The summed E-state index contributed by atoms with van der Waals surface area (Å²) in [6.07, 6.45) is 0. The number of carbonyl (C=O) groups excluding carboxylic acids is 1. The predicted octanol–water partition coefficient (Wildman–Crippen LogP) is 2.15. The first kappa shape index (κ1) is 14.2. The van der Waals surface area contributed by atoms with Crippen LogP contribution in [0.4, 0.5) is 15.8 Å². The van der Waals surface area contributed by atoms with Gasteiger partial charge in [-0.25, -0.2) is 4.39 Å². The largest absolute Gasteiger partial charge is 0.399 e. The van der Waals surface area contributed by atoms with Crippen molar-refractivity contribution in [2.75, 3.05) is 16.8 Å². The standard InChI is InChI=1S/C14H13FN2O2S/c15-10-1-5-12(6-2-10)17-14(18)9-20(19)13-7-3-11(16)4-8-13/h1-8H,9,16H2,(H,17,18). The first-order valence-corrected chi connectivity index (χ1v) is 7.16. The highest BCUT2D eigenvalue weighted by Gasteiger charge is 2.10. The lowest BCUT2D eigenvalue weighted by molar-refractivity contribution is -0.113. The minimum absolute atomic E-state index is 0.165. The molecule has 0 aromatic heterocycles. The smallest absolute Gasteiger partial charge is 0.237 e. The molecule has 0 bridgehead atoms. The summed E-state index contributed by atoms with van der Waals surface area (Å²) in [5, 5.41) is 2.56. The maximum Gasteiger partial charge on any atom is 0.237 e. The van der Waals surface area contributed by atoms with Crippen molar-refractivity contribution in [3.8, 4) is 0 Å². The lowest BCUT2D eigenvalue weighted by Gasteiger charge is -2.05. The number of halogens is 1. The number of benzene rings is 2. The number of carbonyl (C=O) groups is 1. The number of rotatable bonds is 4. The van der Waals surface area contributed by atoms with Gasteiger partial charge in [-0.1, -0.05) is 0 Å². The molecule has 3 N–H and O–H groups in total. The molecule has 104 valence electrons. The van der Waals surface area contributed by atoms with Gasteiger partial charge in [-0.3, -0.25) is 9.00 Å². The molecular weight excluding hydrogens is 279 g/mol. The Bertz CT molecular complexity index is 627. The maximum atomic E-state index is 12.7. The number of nitrogens with one attached hydrogen (secondary N) is 1. The van der Waals surface area contributed by atoms with E-state index in [0.717, 1.165) is 0 Å². The van der Waals surface area contributed by atoms with E-state index in [2.05, 4.69) is 5.32 Å². The summed E-state index contributed by atoms with van der Waals surface area (Å²) in [6, 6.07) is 11.9. The van der Waals surface area contributed by atoms with Crippen LogP contribution in [-0.2, 0) is 15.6 Å². The van der Waals surface area contributed by atoms with E-state index in [9.17, 15) is 13.4 Å². The number of anilines is 2. The van der Waals surface area contributed by atoms with Crippen LogP contribution < -0.4 is 11.1 Å². The molecule has 2 rings (SSSR count). The molecule has 0 saturated heterocycles. The Hall–Kier alpha value is -2.21. The topological polar surface area (TPSA) is 72.2 Å². The quantitative estimate of drug-likeness (QED) is 0.848. The predicted molar refractivity (Wildman–Crippen MR) is 77.2 cm³/mol. The summed E-state index contributed by atoms with van der Waals surface area (Å²) in [5.41, 5.74) is 6.57. The van der Waals surface area contributed by atoms with E-state index in [1.807, 2.05) is 0 Å². The van der Waals surface area contributed by atoms with E-state index in [0.29, 0.717) is 16.3 Å². The second-order valence-corrected chi connectivity index (χ2v) is 5.57. The Balaban J connectivity index is 1.95. The van der Waals surface area contributed by atoms with Gasteiger partial charge in [-0.15, -0.1) is 0 Å². The van der Waals surface area contributed by atoms with E-state index in [-0.39, 0.29) is 11.6 Å². The maximum absolute atomic E-state index is 12.7. The number of hydrogen-bond donors (Lipinski definition) is 2. The molecule has 20 heavy (non-hydrogen) atoms. The summed E-state index contributed by atoms with van der Waals surface area (Å²) in [7, 11) is -1.44. The fourth-order valence-corrected chi connectivity index (χ4v) is 2.47. The Kier molecular flexibility index (Phi) is 4.47. The van der Waals surface area contributed by atoms with Crippen molar-refractivity contribution in [2.45, 2.75) is 4.90 Å². The van der Waals surface area contributed by atoms with Gasteiger partial charge in [0.25, 0.3) is 0 Å². The molecule has 0 aliphatic rings. The SMILES string of the molecule is Nc1ccc(S(=O)CC(=O)Nc2ccc(F)cc2)cc1. The Morgan fingerprint density at radius 2 is 1.70 bits per heavy atom. The van der Waals surface area contributed by atoms with Crippen molar-refractivity contribution in [2.24, 2.45) is 0 Å². The lowest BCUT2D eigenvalue weighted by Crippen LogP contribution is -2.19. The fourth-order valence-electron chi connectivity index (χ4n) is 1.55. The molecule has 0 heterocycles. The molecule has 0 spiro atoms. The number of nitrogen functional groups attached to an aromatic ring is 1. The van der Waals surface area contributed by atoms with Crippen LogP contribution in [0.5, 0.6) is 0 Å². The highest BCUT2D eigenvalue weighted by atomic mass is 32.2. The second-order valence-electron chi connectivity index (χ2n) is 4.11. The van der Waals surface area contributed by atoms with Crippen molar-refractivity contribution >= 4 is 28.1 Å². The molecule has 2 aromatic carbocycles. The summed E-state index contributed by atoms with van der Waals surface area (Å²) in [4.78, 5) is 12.3. The molecular formula is C14H13FN2O2S. The van der Waals surface area contributed by atoms with Crippen LogP contribution in [0.2, 0.25) is 0 Å². The highest BCUT2D eigenvalue weighted by molar-refractivity contribution is 7.85. The van der Waals surface area contributed by atoms with Crippen LogP contribution in [-0.4, -0.2) is 15.9 Å². The fraction of sp³-hybridized carbons (Fsp3) is 0.0714. The van der Waals surface area contributed by atoms with Gasteiger partial charge in [0.15, 0.2) is 0 Å². The molecule has 4 nitrogen and oxygen atoms in total. The van der Waals surface area contributed by atoms with Crippen LogP contribution >= 0.6 is 0 Å². The Labute approximate surface area is 118 Å². The minimum atomic E-state index is -1.44. The summed E-state index contributed by atoms with van der Waals surface area (Å²) < 4.78 is 24.7. The van der Waals surface area contributed by atoms with Crippen LogP contribution in [0, 0.1) is 5.82 Å². The first-order valence-electron chi connectivity index (χ1n) is 5.84. The van der Waals surface area contributed by atoms with Gasteiger partial charge in [-0.05, 0) is 48.5 Å². The zero-order chi connectivity index (χ0) is 14.5. The van der Waals surface area contributed by atoms with Gasteiger partial charge >= 0.3 is 0 Å². The van der Waals surface area contributed by atoms with Crippen molar-refractivity contribution in [3.63, 3.8) is 0 Å². The molecule has 1 atom stereocenters. The van der Waals surface area contributed by atoms with Gasteiger partial charge in [0, 0.05) is 16.3 Å². The zero-order valence-corrected chi connectivity index (χ0v) is 11.3. The average molecular weight is 292 g/mol. The first-order chi connectivity index (χ1) is 9.54.